The standard InChI is InChI=1S/2C33H40F2N2O5/c1-19-7-5-6-8-21(19)15-37-27-11-25-26(34)10-24-23-9-20(2)33(31(41-18-42-33)16-39-17-40-31)30(23,4)13-28(38)32(24,35)29(25,3)12-22(27)14-36-37;1-19-7-5-6-8-21(19)14-37-15-22-12-29(3)25(11-27(22)36-37)26(34)10-24-23-9-20(2)33(30(23,4)13-28(38)32(24,29)35)31(41-18-42-33)16-39-17-40-31/h5-8,11,14,20,23-24,26,28,38H,9-10,12-13,15-18H2,1-4H3;5-8,11,15,20,23-24,26,28,38H,9-10,12-14,16-18H2,1-4H3/p+1/t2*20-,23-,24-,26-,28-,29-,30-,31?,32-,33+/m00/s1. The van der Waals surface area contributed by atoms with Crippen molar-refractivity contribution >= 4 is 12.2 Å². The predicted octanol–water partition coefficient (Wildman–Crippen LogP) is 9.66. The Bertz CT molecular complexity index is 3370. The highest BCUT2D eigenvalue weighted by Gasteiger charge is 2.84. The molecule has 2 unspecified atom stereocenters. The van der Waals surface area contributed by atoms with E-state index in [9.17, 15) is 10.2 Å². The number of halogens is 4. The van der Waals surface area contributed by atoms with Gasteiger partial charge in [-0.2, -0.15) is 10.2 Å². The van der Waals surface area contributed by atoms with Crippen molar-refractivity contribution in [3.63, 3.8) is 0 Å². The van der Waals surface area contributed by atoms with E-state index in [-0.39, 0.29) is 96.2 Å². The van der Waals surface area contributed by atoms with Gasteiger partial charge in [0.15, 0.2) is 39.9 Å². The lowest BCUT2D eigenvalue weighted by Gasteiger charge is -2.64. The van der Waals surface area contributed by atoms with E-state index in [0.717, 1.165) is 33.6 Å². The first-order valence-electron chi connectivity index (χ1n) is 30.7. The van der Waals surface area contributed by atoms with Gasteiger partial charge >= 0.3 is 0 Å². The van der Waals surface area contributed by atoms with Crippen LogP contribution in [0.15, 0.2) is 72.1 Å². The molecule has 452 valence electrons. The van der Waals surface area contributed by atoms with E-state index in [4.69, 9.17) is 37.9 Å². The average Bonchev–Trinajstić information content (AvgIpc) is 1.36. The molecular weight excluding hydrogens is 1080 g/mol. The molecule has 18 heteroatoms. The Morgan fingerprint density at radius 1 is 0.631 bits per heavy atom. The number of hydrogen-bond donors (Lipinski definition) is 3. The molecular formula is C66H81F4N4O10+. The Hall–Kier alpha value is -4.34. The van der Waals surface area contributed by atoms with Gasteiger partial charge in [0.25, 0.3) is 0 Å². The van der Waals surface area contributed by atoms with Crippen molar-refractivity contribution in [1.82, 2.24) is 14.9 Å². The first-order chi connectivity index (χ1) is 40.0. The van der Waals surface area contributed by atoms with Crippen molar-refractivity contribution in [2.45, 2.75) is 179 Å². The minimum Gasteiger partial charge on any atom is -0.390 e. The zero-order chi connectivity index (χ0) is 58.6. The Morgan fingerprint density at radius 3 is 1.63 bits per heavy atom. The van der Waals surface area contributed by atoms with Crippen LogP contribution in [0.25, 0.3) is 12.2 Å². The molecule has 6 saturated carbocycles. The molecule has 0 bridgehead atoms. The highest BCUT2D eigenvalue weighted by molar-refractivity contribution is 5.63. The number of alkyl halides is 4. The van der Waals surface area contributed by atoms with Crippen LogP contribution in [0, 0.1) is 71.0 Å². The van der Waals surface area contributed by atoms with Crippen molar-refractivity contribution in [1.29, 1.82) is 0 Å². The first kappa shape index (κ1) is 56.2. The van der Waals surface area contributed by atoms with E-state index >= 15 is 17.6 Å². The Kier molecular flexibility index (Phi) is 12.4. The summed E-state index contributed by atoms with van der Waals surface area (Å²) >= 11 is 0. The van der Waals surface area contributed by atoms with Gasteiger partial charge in [-0.3, -0.25) is 4.68 Å². The number of benzene rings is 2. The summed E-state index contributed by atoms with van der Waals surface area (Å²) in [5.41, 5.74) is -0.645. The fourth-order valence-corrected chi connectivity index (χ4v) is 21.5. The zero-order valence-corrected chi connectivity index (χ0v) is 49.5. The molecule has 10 fully saturated rings. The van der Waals surface area contributed by atoms with Gasteiger partial charge in [-0.15, -0.1) is 4.68 Å². The maximum Gasteiger partial charge on any atom is 0.227 e. The fraction of sp³-hybridized carbons (Fsp3) is 0.667. The summed E-state index contributed by atoms with van der Waals surface area (Å²) < 4.78 is 122. The van der Waals surface area contributed by atoms with Gasteiger partial charge in [-0.05, 0) is 134 Å². The van der Waals surface area contributed by atoms with E-state index in [2.05, 4.69) is 76.0 Å². The lowest BCUT2D eigenvalue weighted by atomic mass is 9.43. The van der Waals surface area contributed by atoms with Crippen molar-refractivity contribution in [2.24, 2.45) is 57.2 Å². The summed E-state index contributed by atoms with van der Waals surface area (Å²) in [6, 6.07) is 16.4. The highest BCUT2D eigenvalue weighted by Crippen LogP contribution is 2.77. The lowest BCUT2D eigenvalue weighted by Crippen LogP contribution is -2.73. The van der Waals surface area contributed by atoms with Gasteiger partial charge in [0.1, 0.15) is 53.8 Å². The molecule has 8 aliphatic carbocycles. The monoisotopic (exact) mass is 1170 g/mol. The molecule has 16 rings (SSSR count). The number of fused-ring (bicyclic) bond motifs is 16. The molecule has 12 aliphatic rings. The van der Waals surface area contributed by atoms with Crippen molar-refractivity contribution in [3.05, 3.63) is 117 Å². The number of nitrogens with zero attached hydrogens (tertiary/aromatic N) is 3. The largest absolute Gasteiger partial charge is 0.390 e. The maximum atomic E-state index is 18.2. The molecule has 20 atom stereocenters. The number of aromatic nitrogens is 4. The molecule has 4 aromatic rings. The smallest absolute Gasteiger partial charge is 0.227 e. The molecule has 4 spiro atoms. The number of aliphatic hydroxyl groups excluding tert-OH is 2. The summed E-state index contributed by atoms with van der Waals surface area (Å²) in [6.07, 6.45) is 4.48. The number of rotatable bonds is 4. The molecule has 14 nitrogen and oxygen atoms in total. The summed E-state index contributed by atoms with van der Waals surface area (Å²) in [5.74, 6) is -4.19. The molecule has 2 aromatic carbocycles. The summed E-state index contributed by atoms with van der Waals surface area (Å²) in [6.45, 7) is 18.0. The van der Waals surface area contributed by atoms with Crippen LogP contribution in [0.3, 0.4) is 0 Å². The van der Waals surface area contributed by atoms with E-state index < -0.39 is 92.2 Å². The molecule has 6 heterocycles. The highest BCUT2D eigenvalue weighted by atomic mass is 19.2. The van der Waals surface area contributed by atoms with Crippen molar-refractivity contribution in [2.75, 3.05) is 40.4 Å². The summed E-state index contributed by atoms with van der Waals surface area (Å²) in [4.78, 5) is 0. The molecule has 3 N–H and O–H groups in total. The van der Waals surface area contributed by atoms with E-state index in [1.807, 2.05) is 65.8 Å². The molecule has 4 saturated heterocycles. The zero-order valence-electron chi connectivity index (χ0n) is 49.5. The number of aromatic amines is 1. The number of ether oxygens (including phenoxy) is 8. The minimum atomic E-state index is -2.02. The number of H-pyrrole nitrogens is 1. The molecule has 0 amide bonds. The van der Waals surface area contributed by atoms with Crippen LogP contribution in [0.2, 0.25) is 0 Å². The summed E-state index contributed by atoms with van der Waals surface area (Å²) in [7, 11) is 0. The van der Waals surface area contributed by atoms with Crippen LogP contribution in [0.5, 0.6) is 0 Å². The molecule has 4 aliphatic heterocycles. The van der Waals surface area contributed by atoms with Gasteiger partial charge in [0.2, 0.25) is 11.6 Å². The number of hydrogen-bond acceptors (Lipinski definition) is 11. The second kappa shape index (κ2) is 18.6. The van der Waals surface area contributed by atoms with E-state index in [1.54, 1.807) is 6.20 Å². The van der Waals surface area contributed by atoms with Crippen molar-refractivity contribution in [3.8, 4) is 0 Å². The van der Waals surface area contributed by atoms with Gasteiger partial charge in [0, 0.05) is 44.6 Å². The average molecular weight is 1170 g/mol. The van der Waals surface area contributed by atoms with E-state index in [1.165, 1.54) is 11.1 Å². The molecule has 84 heavy (non-hydrogen) atoms. The topological polar surface area (TPSA) is 152 Å². The van der Waals surface area contributed by atoms with Crippen molar-refractivity contribution < 1.29 is 70.4 Å². The Morgan fingerprint density at radius 2 is 1.12 bits per heavy atom. The van der Waals surface area contributed by atoms with Crippen LogP contribution < -0.4 is 4.68 Å². The van der Waals surface area contributed by atoms with Crippen LogP contribution >= 0.6 is 0 Å². The van der Waals surface area contributed by atoms with Gasteiger partial charge in [0.05, 0.1) is 30.6 Å². The second-order valence-electron chi connectivity index (χ2n) is 28.5. The van der Waals surface area contributed by atoms with Gasteiger partial charge < -0.3 is 48.1 Å². The third kappa shape index (κ3) is 6.82. The van der Waals surface area contributed by atoms with Crippen LogP contribution in [-0.4, -0.2) is 124 Å². The van der Waals surface area contributed by atoms with E-state index in [0.29, 0.717) is 43.5 Å². The van der Waals surface area contributed by atoms with Crippen LogP contribution in [-0.2, 0) is 63.8 Å². The third-order valence-electron chi connectivity index (χ3n) is 25.1. The SMILES string of the molecule is Cc1ccccc1C[n+]1cc2c([nH]1)C=C1[C@@H](F)C[C@H]3[C@@H]4C[C@H](C)[C@@]5(OCOC56COCO6)[C@@]4(C)C[C@H](O)[C@]3(F)[C@@]1(C)C2.Cc1ccccc1Cn1ncc2c1C=C1[C@@H](F)C[C@H]3[C@@H]4C[C@H](C)[C@@]5(OCOC56COCO6)[C@@]4(C)C[C@H](O)[C@]3(F)[C@@]1(C)C2. The summed E-state index contributed by atoms with van der Waals surface area (Å²) in [5, 5.41) is 32.1. The van der Waals surface area contributed by atoms with Crippen LogP contribution in [0.4, 0.5) is 17.6 Å². The lowest BCUT2D eigenvalue weighted by molar-refractivity contribution is -0.742. The quantitative estimate of drug-likeness (QED) is 0.132. The van der Waals surface area contributed by atoms with Gasteiger partial charge in [-0.1, -0.05) is 90.1 Å². The number of nitrogens with one attached hydrogen (secondary N) is 1. The maximum absolute atomic E-state index is 18.2. The van der Waals surface area contributed by atoms with Crippen LogP contribution in [0.1, 0.15) is 125 Å². The predicted molar refractivity (Wildman–Crippen MR) is 298 cm³/mol. The normalized spacial score (nSPS) is 47.3. The van der Waals surface area contributed by atoms with Gasteiger partial charge in [-0.25, -0.2) is 17.6 Å². The first-order valence-corrected chi connectivity index (χ1v) is 30.7. The Balaban J connectivity index is 0.000000143. The Labute approximate surface area is 488 Å². The fourth-order valence-electron chi connectivity index (χ4n) is 21.5. The minimum absolute atomic E-state index is 0.0184. The molecule has 2 aromatic heterocycles. The number of aliphatic hydroxyl groups is 2. The number of allylic oxidation sites excluding steroid dienone is 2. The number of aryl methyl sites for hydroxylation is 2. The second-order valence-corrected chi connectivity index (χ2v) is 28.5. The molecule has 0 radical (unpaired) electrons. The third-order valence-corrected chi connectivity index (χ3v) is 25.1.